The number of nitrogens with one attached hydrogen (secondary N) is 2. The molecule has 0 unspecified atom stereocenters. The van der Waals surface area contributed by atoms with Gasteiger partial charge in [-0.15, -0.1) is 0 Å². The van der Waals surface area contributed by atoms with Gasteiger partial charge in [-0.05, 0) is 45.0 Å². The molecule has 3 N–H and O–H groups in total. The molecule has 0 aliphatic carbocycles. The Labute approximate surface area is 178 Å². The summed E-state index contributed by atoms with van der Waals surface area (Å²) in [6.45, 7) is 4.86. The second-order valence-electron chi connectivity index (χ2n) is 7.69. The van der Waals surface area contributed by atoms with E-state index in [2.05, 4.69) is 5.32 Å². The molecule has 0 radical (unpaired) electrons. The standard InChI is InChI=1S/C21H23ClFN3O4/c1-21(2,3)24-18(27)12-26(20(29)15-6-4-5-7-16(15)22)11-14-9-8-13(10-17(14)23)19(28)25-30/h4-10,30H,11-12H2,1-3H3,(H,24,27)(H,25,28). The van der Waals surface area contributed by atoms with Gasteiger partial charge in [0.1, 0.15) is 12.4 Å². The monoisotopic (exact) mass is 435 g/mol. The van der Waals surface area contributed by atoms with E-state index in [0.717, 1.165) is 6.07 Å². The summed E-state index contributed by atoms with van der Waals surface area (Å²) < 4.78 is 14.5. The maximum atomic E-state index is 14.5. The number of halogens is 2. The molecule has 0 aliphatic rings. The lowest BCUT2D eigenvalue weighted by atomic mass is 10.1. The molecule has 2 rings (SSSR count). The lowest BCUT2D eigenvalue weighted by molar-refractivity contribution is -0.123. The predicted octanol–water partition coefficient (Wildman–Crippen LogP) is 3.16. The van der Waals surface area contributed by atoms with Gasteiger partial charge in [0.05, 0.1) is 10.6 Å². The van der Waals surface area contributed by atoms with E-state index in [1.807, 2.05) is 0 Å². The van der Waals surface area contributed by atoms with Crippen molar-refractivity contribution in [3.63, 3.8) is 0 Å². The number of hydrogen-bond donors (Lipinski definition) is 3. The molecule has 0 saturated heterocycles. The molecule has 0 bridgehead atoms. The van der Waals surface area contributed by atoms with Gasteiger partial charge in [0.2, 0.25) is 5.91 Å². The maximum Gasteiger partial charge on any atom is 0.274 e. The van der Waals surface area contributed by atoms with Crippen molar-refractivity contribution in [2.24, 2.45) is 0 Å². The summed E-state index contributed by atoms with van der Waals surface area (Å²) in [5.74, 6) is -2.58. The highest BCUT2D eigenvalue weighted by atomic mass is 35.5. The van der Waals surface area contributed by atoms with E-state index in [4.69, 9.17) is 16.8 Å². The lowest BCUT2D eigenvalue weighted by Gasteiger charge is -2.26. The van der Waals surface area contributed by atoms with Crippen LogP contribution in [0.15, 0.2) is 42.5 Å². The largest absolute Gasteiger partial charge is 0.350 e. The van der Waals surface area contributed by atoms with E-state index in [0.29, 0.717) is 0 Å². The molecule has 2 aromatic carbocycles. The number of nitrogens with zero attached hydrogens (tertiary/aromatic N) is 1. The van der Waals surface area contributed by atoms with Gasteiger partial charge < -0.3 is 10.2 Å². The summed E-state index contributed by atoms with van der Waals surface area (Å²) in [7, 11) is 0. The SMILES string of the molecule is CC(C)(C)NC(=O)CN(Cc1ccc(C(=O)NO)cc1F)C(=O)c1ccccc1Cl. The highest BCUT2D eigenvalue weighted by molar-refractivity contribution is 6.33. The van der Waals surface area contributed by atoms with E-state index in [9.17, 15) is 18.8 Å². The molecular formula is C21H23ClFN3O4. The van der Waals surface area contributed by atoms with Crippen molar-refractivity contribution in [2.75, 3.05) is 6.54 Å². The summed E-state index contributed by atoms with van der Waals surface area (Å²) >= 11 is 6.12. The van der Waals surface area contributed by atoms with Gasteiger partial charge in [-0.25, -0.2) is 9.87 Å². The smallest absolute Gasteiger partial charge is 0.274 e. The Morgan fingerprint density at radius 3 is 2.37 bits per heavy atom. The zero-order valence-corrected chi connectivity index (χ0v) is 17.6. The second kappa shape index (κ2) is 9.69. The lowest BCUT2D eigenvalue weighted by Crippen LogP contribution is -2.47. The first-order valence-electron chi connectivity index (χ1n) is 9.09. The molecule has 30 heavy (non-hydrogen) atoms. The third kappa shape index (κ3) is 6.27. The Balaban J connectivity index is 2.34. The average molecular weight is 436 g/mol. The fourth-order valence-corrected chi connectivity index (χ4v) is 2.94. The highest BCUT2D eigenvalue weighted by Crippen LogP contribution is 2.20. The van der Waals surface area contributed by atoms with Crippen LogP contribution in [0.4, 0.5) is 4.39 Å². The Morgan fingerprint density at radius 2 is 1.80 bits per heavy atom. The van der Waals surface area contributed by atoms with Crippen LogP contribution in [-0.4, -0.2) is 39.9 Å². The Kier molecular flexibility index (Phi) is 7.53. The van der Waals surface area contributed by atoms with Crippen LogP contribution in [0.1, 0.15) is 47.1 Å². The normalized spacial score (nSPS) is 11.0. The van der Waals surface area contributed by atoms with Crippen LogP contribution in [0.5, 0.6) is 0 Å². The summed E-state index contributed by atoms with van der Waals surface area (Å²) in [5.41, 5.74) is 1.09. The molecule has 2 aromatic rings. The Morgan fingerprint density at radius 1 is 1.13 bits per heavy atom. The molecule has 7 nitrogen and oxygen atoms in total. The average Bonchev–Trinajstić information content (AvgIpc) is 2.66. The fraction of sp³-hybridized carbons (Fsp3) is 0.286. The minimum absolute atomic E-state index is 0.0896. The van der Waals surface area contributed by atoms with Gasteiger partial charge >= 0.3 is 0 Å². The van der Waals surface area contributed by atoms with Crippen molar-refractivity contribution in [3.8, 4) is 0 Å². The van der Waals surface area contributed by atoms with Crippen LogP contribution >= 0.6 is 11.6 Å². The second-order valence-corrected chi connectivity index (χ2v) is 8.09. The minimum Gasteiger partial charge on any atom is -0.350 e. The number of benzene rings is 2. The van der Waals surface area contributed by atoms with Crippen molar-refractivity contribution >= 4 is 29.3 Å². The quantitative estimate of drug-likeness (QED) is 0.479. The van der Waals surface area contributed by atoms with Gasteiger partial charge in [0.15, 0.2) is 0 Å². The summed E-state index contributed by atoms with van der Waals surface area (Å²) in [6, 6.07) is 9.92. The zero-order chi connectivity index (χ0) is 22.5. The van der Waals surface area contributed by atoms with Crippen LogP contribution in [0.25, 0.3) is 0 Å². The molecule has 0 spiro atoms. The first kappa shape index (κ1) is 23.3. The number of rotatable bonds is 6. The number of amides is 3. The zero-order valence-electron chi connectivity index (χ0n) is 16.8. The molecule has 160 valence electrons. The Bertz CT molecular complexity index is 960. The summed E-state index contributed by atoms with van der Waals surface area (Å²) in [4.78, 5) is 38.1. The number of carbonyl (C=O) groups excluding carboxylic acids is 3. The third-order valence-electron chi connectivity index (χ3n) is 4.02. The molecule has 0 heterocycles. The van der Waals surface area contributed by atoms with E-state index >= 15 is 0 Å². The molecule has 3 amide bonds. The van der Waals surface area contributed by atoms with Gasteiger partial charge in [-0.2, -0.15) is 0 Å². The molecule has 0 atom stereocenters. The van der Waals surface area contributed by atoms with E-state index in [1.54, 1.807) is 39.0 Å². The van der Waals surface area contributed by atoms with Gasteiger partial charge in [-0.1, -0.05) is 29.8 Å². The van der Waals surface area contributed by atoms with Crippen LogP contribution < -0.4 is 10.8 Å². The van der Waals surface area contributed by atoms with Gasteiger partial charge in [-0.3, -0.25) is 19.6 Å². The van der Waals surface area contributed by atoms with E-state index < -0.39 is 29.1 Å². The molecule has 0 fully saturated rings. The number of hydroxylamine groups is 1. The molecule has 9 heteroatoms. The van der Waals surface area contributed by atoms with Crippen molar-refractivity contribution < 1.29 is 24.0 Å². The van der Waals surface area contributed by atoms with Crippen LogP contribution in [-0.2, 0) is 11.3 Å². The topological polar surface area (TPSA) is 98.7 Å². The number of hydrogen-bond acceptors (Lipinski definition) is 4. The van der Waals surface area contributed by atoms with Crippen molar-refractivity contribution in [2.45, 2.75) is 32.9 Å². The van der Waals surface area contributed by atoms with Crippen molar-refractivity contribution in [1.82, 2.24) is 15.7 Å². The Hall–Kier alpha value is -2.97. The van der Waals surface area contributed by atoms with Crippen molar-refractivity contribution in [3.05, 3.63) is 70.0 Å². The van der Waals surface area contributed by atoms with E-state index in [1.165, 1.54) is 28.6 Å². The summed E-state index contributed by atoms with van der Waals surface area (Å²) in [5, 5.41) is 11.6. The van der Waals surface area contributed by atoms with Gasteiger partial charge in [0, 0.05) is 23.2 Å². The minimum atomic E-state index is -0.867. The molecular weight excluding hydrogens is 413 g/mol. The maximum absolute atomic E-state index is 14.5. The van der Waals surface area contributed by atoms with Crippen molar-refractivity contribution in [1.29, 1.82) is 0 Å². The summed E-state index contributed by atoms with van der Waals surface area (Å²) in [6.07, 6.45) is 0. The van der Waals surface area contributed by atoms with E-state index in [-0.39, 0.29) is 34.8 Å². The predicted molar refractivity (Wildman–Crippen MR) is 110 cm³/mol. The first-order valence-corrected chi connectivity index (χ1v) is 9.47. The molecule has 0 aromatic heterocycles. The van der Waals surface area contributed by atoms with Crippen LogP contribution in [0, 0.1) is 5.82 Å². The molecule has 0 aliphatic heterocycles. The third-order valence-corrected chi connectivity index (χ3v) is 4.35. The first-order chi connectivity index (χ1) is 14.0. The highest BCUT2D eigenvalue weighted by Gasteiger charge is 2.24. The molecule has 0 saturated carbocycles. The van der Waals surface area contributed by atoms with Crippen LogP contribution in [0.3, 0.4) is 0 Å². The van der Waals surface area contributed by atoms with Gasteiger partial charge in [0.25, 0.3) is 11.8 Å². The number of carbonyl (C=O) groups is 3. The fourth-order valence-electron chi connectivity index (χ4n) is 2.72. The van der Waals surface area contributed by atoms with Crippen LogP contribution in [0.2, 0.25) is 5.02 Å².